The van der Waals surface area contributed by atoms with E-state index in [1.807, 2.05) is 0 Å². The number of hydrogen-bond donors (Lipinski definition) is 0. The lowest BCUT2D eigenvalue weighted by Crippen LogP contribution is -1.96. The van der Waals surface area contributed by atoms with E-state index in [1.165, 1.54) is 104 Å². The minimum absolute atomic E-state index is 1.15. The molecule has 2 aromatic heterocycles. The van der Waals surface area contributed by atoms with Crippen molar-refractivity contribution in [2.75, 3.05) is 0 Å². The van der Waals surface area contributed by atoms with Gasteiger partial charge >= 0.3 is 0 Å². The lowest BCUT2D eigenvalue weighted by Gasteiger charge is -2.13. The Morgan fingerprint density at radius 3 is 1.81 bits per heavy atom. The molecule has 0 fully saturated rings. The summed E-state index contributed by atoms with van der Waals surface area (Å²) in [6.45, 7) is 0. The third kappa shape index (κ3) is 3.68. The Labute approximate surface area is 300 Å². The zero-order chi connectivity index (χ0) is 33.9. The van der Waals surface area contributed by atoms with Gasteiger partial charge in [-0.3, -0.25) is 0 Å². The van der Waals surface area contributed by atoms with Crippen LogP contribution in [-0.4, -0.2) is 9.13 Å². The number of para-hydroxylation sites is 1. The molecule has 1 aliphatic carbocycles. The highest BCUT2D eigenvalue weighted by molar-refractivity contribution is 6.30. The van der Waals surface area contributed by atoms with Crippen LogP contribution in [0.25, 0.3) is 110 Å². The summed E-state index contributed by atoms with van der Waals surface area (Å²) in [5, 5.41) is 10.2. The molecule has 0 atom stereocenters. The summed E-state index contributed by atoms with van der Waals surface area (Å²) in [7, 11) is 0. The molecule has 11 aromatic rings. The first kappa shape index (κ1) is 27.9. The maximum Gasteiger partial charge on any atom is 0.0641 e. The van der Waals surface area contributed by atoms with Gasteiger partial charge in [0.05, 0.1) is 22.1 Å². The molecule has 0 bridgehead atoms. The molecule has 9 aromatic carbocycles. The van der Waals surface area contributed by atoms with Gasteiger partial charge in [0.25, 0.3) is 0 Å². The summed E-state index contributed by atoms with van der Waals surface area (Å²) in [5.74, 6) is 0. The summed E-state index contributed by atoms with van der Waals surface area (Å²) < 4.78 is 5.00. The average molecular weight is 659 g/mol. The monoisotopic (exact) mass is 658 g/mol. The Hall–Kier alpha value is -6.90. The molecule has 0 saturated carbocycles. The molecule has 0 aliphatic heterocycles. The molecular weight excluding hydrogens is 629 g/mol. The zero-order valence-corrected chi connectivity index (χ0v) is 28.2. The molecule has 2 heterocycles. The number of nitrogens with zero attached hydrogens (tertiary/aromatic N) is 2. The summed E-state index contributed by atoms with van der Waals surface area (Å²) in [5.41, 5.74) is 14.9. The van der Waals surface area contributed by atoms with Gasteiger partial charge in [-0.1, -0.05) is 140 Å². The van der Waals surface area contributed by atoms with E-state index in [4.69, 9.17) is 0 Å². The van der Waals surface area contributed by atoms with Crippen LogP contribution in [0.4, 0.5) is 0 Å². The molecule has 2 nitrogen and oxygen atoms in total. The van der Waals surface area contributed by atoms with Crippen LogP contribution in [0.1, 0.15) is 0 Å². The van der Waals surface area contributed by atoms with E-state index in [1.54, 1.807) is 0 Å². The number of rotatable bonds is 3. The van der Waals surface area contributed by atoms with Gasteiger partial charge in [0.1, 0.15) is 0 Å². The Morgan fingerprint density at radius 1 is 0.288 bits per heavy atom. The summed E-state index contributed by atoms with van der Waals surface area (Å²) in [6.07, 6.45) is 0. The van der Waals surface area contributed by atoms with E-state index in [9.17, 15) is 0 Å². The lowest BCUT2D eigenvalue weighted by molar-refractivity contribution is 1.18. The predicted octanol–water partition coefficient (Wildman–Crippen LogP) is 13.5. The van der Waals surface area contributed by atoms with Crippen molar-refractivity contribution in [3.8, 4) is 44.8 Å². The van der Waals surface area contributed by atoms with Gasteiger partial charge in [0.2, 0.25) is 0 Å². The zero-order valence-electron chi connectivity index (χ0n) is 28.2. The van der Waals surface area contributed by atoms with Gasteiger partial charge in [-0.2, -0.15) is 0 Å². The average Bonchev–Trinajstić information content (AvgIpc) is 3.85. The van der Waals surface area contributed by atoms with Crippen molar-refractivity contribution in [2.24, 2.45) is 0 Å². The van der Waals surface area contributed by atoms with Crippen molar-refractivity contribution >= 4 is 65.2 Å². The molecule has 12 rings (SSSR count). The lowest BCUT2D eigenvalue weighted by atomic mass is 10.0. The Bertz CT molecular complexity index is 3270. The van der Waals surface area contributed by atoms with Crippen molar-refractivity contribution in [1.82, 2.24) is 9.13 Å². The first-order valence-corrected chi connectivity index (χ1v) is 18.0. The standard InChI is InChI=1S/C50H30N2/c1-2-11-31(12-3-1)32-21-24-35(25-22-32)51-44-20-9-8-18-41(44)49-46(51)28-26-42-48-37-15-5-4-13-33(37)23-27-45(48)52(50(42)49)36-29-34-14-10-19-40-38-16-6-7-17-39(38)43(30-36)47(34)40/h1-30H. The van der Waals surface area contributed by atoms with E-state index in [2.05, 4.69) is 191 Å². The second-order valence-corrected chi connectivity index (χ2v) is 14.1. The molecule has 0 spiro atoms. The number of aromatic nitrogens is 2. The minimum Gasteiger partial charge on any atom is -0.309 e. The van der Waals surface area contributed by atoms with E-state index in [-0.39, 0.29) is 0 Å². The van der Waals surface area contributed by atoms with E-state index < -0.39 is 0 Å². The van der Waals surface area contributed by atoms with Gasteiger partial charge in [0, 0.05) is 32.9 Å². The fraction of sp³-hybridized carbons (Fsp3) is 0. The normalized spacial score (nSPS) is 12.2. The molecule has 0 radical (unpaired) electrons. The van der Waals surface area contributed by atoms with Crippen LogP contribution in [-0.2, 0) is 0 Å². The molecule has 0 saturated heterocycles. The second kappa shape index (κ2) is 10.3. The fourth-order valence-electron chi connectivity index (χ4n) is 9.24. The van der Waals surface area contributed by atoms with Crippen molar-refractivity contribution < 1.29 is 0 Å². The third-order valence-corrected chi connectivity index (χ3v) is 11.4. The largest absolute Gasteiger partial charge is 0.309 e. The fourth-order valence-corrected chi connectivity index (χ4v) is 9.24. The summed E-state index contributed by atoms with van der Waals surface area (Å²) >= 11 is 0. The van der Waals surface area contributed by atoms with Crippen molar-refractivity contribution in [3.63, 3.8) is 0 Å². The van der Waals surface area contributed by atoms with Crippen LogP contribution in [0.15, 0.2) is 182 Å². The number of benzene rings is 9. The highest BCUT2D eigenvalue weighted by Crippen LogP contribution is 2.50. The van der Waals surface area contributed by atoms with Gasteiger partial charge in [-0.05, 0) is 97.4 Å². The number of fused-ring (bicyclic) bond motifs is 12. The third-order valence-electron chi connectivity index (χ3n) is 11.4. The van der Waals surface area contributed by atoms with Crippen LogP contribution in [0.2, 0.25) is 0 Å². The van der Waals surface area contributed by atoms with Crippen molar-refractivity contribution in [2.45, 2.75) is 0 Å². The van der Waals surface area contributed by atoms with Gasteiger partial charge < -0.3 is 9.13 Å². The first-order chi connectivity index (χ1) is 25.8. The summed E-state index contributed by atoms with van der Waals surface area (Å²) in [4.78, 5) is 0. The van der Waals surface area contributed by atoms with Crippen LogP contribution in [0.3, 0.4) is 0 Å². The second-order valence-electron chi connectivity index (χ2n) is 14.1. The predicted molar refractivity (Wildman–Crippen MR) is 220 cm³/mol. The van der Waals surface area contributed by atoms with Crippen molar-refractivity contribution in [1.29, 1.82) is 0 Å². The van der Waals surface area contributed by atoms with Crippen LogP contribution < -0.4 is 0 Å². The highest BCUT2D eigenvalue weighted by Gasteiger charge is 2.25. The van der Waals surface area contributed by atoms with Crippen LogP contribution in [0, 0.1) is 0 Å². The Morgan fingerprint density at radius 2 is 0.942 bits per heavy atom. The smallest absolute Gasteiger partial charge is 0.0641 e. The maximum absolute atomic E-state index is 2.55. The molecular formula is C50H30N2. The van der Waals surface area contributed by atoms with Crippen molar-refractivity contribution in [3.05, 3.63) is 182 Å². The SMILES string of the molecule is c1ccc(-c2ccc(-n3c4ccccc4c4c3ccc3c5c6ccccc6ccc5n(-c5cc6c7c(cccc7c5)-c5ccccc5-6)c34)cc2)cc1. The maximum atomic E-state index is 2.55. The van der Waals surface area contributed by atoms with Crippen LogP contribution in [0.5, 0.6) is 0 Å². The summed E-state index contributed by atoms with van der Waals surface area (Å²) in [6, 6.07) is 67.2. The van der Waals surface area contributed by atoms with E-state index in [0.29, 0.717) is 0 Å². The van der Waals surface area contributed by atoms with Gasteiger partial charge in [0.15, 0.2) is 0 Å². The Balaban J connectivity index is 1.22. The van der Waals surface area contributed by atoms with E-state index in [0.717, 1.165) is 5.69 Å². The molecule has 0 unspecified atom stereocenters. The van der Waals surface area contributed by atoms with E-state index >= 15 is 0 Å². The Kier molecular flexibility index (Phi) is 5.53. The highest BCUT2D eigenvalue weighted by atomic mass is 15.0. The minimum atomic E-state index is 1.15. The molecule has 1 aliphatic rings. The molecule has 0 N–H and O–H groups in total. The topological polar surface area (TPSA) is 9.86 Å². The van der Waals surface area contributed by atoms with Crippen LogP contribution >= 0.6 is 0 Å². The quantitative estimate of drug-likeness (QED) is 0.179. The van der Waals surface area contributed by atoms with Gasteiger partial charge in [-0.15, -0.1) is 0 Å². The van der Waals surface area contributed by atoms with Gasteiger partial charge in [-0.25, -0.2) is 0 Å². The molecule has 2 heteroatoms. The molecule has 0 amide bonds. The number of hydrogen-bond acceptors (Lipinski definition) is 0. The first-order valence-electron chi connectivity index (χ1n) is 18.0. The molecule has 240 valence electrons. The molecule has 52 heavy (non-hydrogen) atoms.